The lowest BCUT2D eigenvalue weighted by Gasteiger charge is -2.17. The van der Waals surface area contributed by atoms with Crippen molar-refractivity contribution in [2.75, 3.05) is 0 Å². The summed E-state index contributed by atoms with van der Waals surface area (Å²) in [7, 11) is 0. The van der Waals surface area contributed by atoms with E-state index < -0.39 is 23.7 Å². The molecule has 0 aliphatic heterocycles. The van der Waals surface area contributed by atoms with Crippen LogP contribution in [0.2, 0.25) is 0 Å². The fraction of sp³-hybridized carbons (Fsp3) is 0.389. The van der Waals surface area contributed by atoms with Crippen molar-refractivity contribution in [1.29, 1.82) is 0 Å². The molecule has 1 unspecified atom stereocenters. The highest BCUT2D eigenvalue weighted by Gasteiger charge is 2.25. The number of carbonyl (C=O) groups is 2. The van der Waals surface area contributed by atoms with Crippen molar-refractivity contribution in [3.8, 4) is 5.69 Å². The molecule has 1 aromatic heterocycles. The summed E-state index contributed by atoms with van der Waals surface area (Å²) in [5.41, 5.74) is 2.22. The monoisotopic (exact) mass is 347 g/mol. The van der Waals surface area contributed by atoms with E-state index in [4.69, 9.17) is 0 Å². The molecule has 1 heterocycles. The Balaban J connectivity index is 2.25. The summed E-state index contributed by atoms with van der Waals surface area (Å²) >= 11 is 0. The molecule has 0 aliphatic carbocycles. The smallest absolute Gasteiger partial charge is 0.326 e. The molecule has 0 saturated carbocycles. The molecular weight excluding hydrogens is 325 g/mol. The zero-order chi connectivity index (χ0) is 18.7. The molecule has 0 saturated heterocycles. The predicted octanol–water partition coefficient (Wildman–Crippen LogP) is 2.40. The number of para-hydroxylation sites is 1. The highest BCUT2D eigenvalue weighted by Crippen LogP contribution is 2.20. The van der Waals surface area contributed by atoms with Crippen LogP contribution in [-0.4, -0.2) is 32.8 Å². The van der Waals surface area contributed by atoms with Gasteiger partial charge in [0.25, 0.3) is 0 Å². The van der Waals surface area contributed by atoms with Crippen LogP contribution in [0.4, 0.5) is 4.39 Å². The van der Waals surface area contributed by atoms with E-state index in [-0.39, 0.29) is 12.3 Å². The Morgan fingerprint density at radius 3 is 2.48 bits per heavy atom. The topological polar surface area (TPSA) is 84.2 Å². The molecule has 1 aromatic carbocycles. The van der Waals surface area contributed by atoms with Crippen molar-refractivity contribution >= 4 is 11.9 Å². The summed E-state index contributed by atoms with van der Waals surface area (Å²) < 4.78 is 15.5. The number of amides is 1. The molecule has 7 heteroatoms. The molecule has 2 rings (SSSR count). The third-order valence-corrected chi connectivity index (χ3v) is 4.11. The Morgan fingerprint density at radius 2 is 1.92 bits per heavy atom. The Morgan fingerprint density at radius 1 is 1.28 bits per heavy atom. The second kappa shape index (κ2) is 7.46. The number of carboxylic acid groups (broad SMARTS) is 1. The van der Waals surface area contributed by atoms with Crippen LogP contribution in [0.25, 0.3) is 5.69 Å². The third kappa shape index (κ3) is 4.04. The number of hydrogen-bond acceptors (Lipinski definition) is 3. The highest BCUT2D eigenvalue weighted by atomic mass is 19.1. The standard InChI is InChI=1S/C18H22FN3O3/c1-10(2)17(18(24)25)20-16(23)9-13-11(3)21-22(12(13)4)15-8-6-5-7-14(15)19/h5-8,10,17H,9H2,1-4H3,(H,20,23)(H,24,25). The number of hydrogen-bond donors (Lipinski definition) is 2. The summed E-state index contributed by atoms with van der Waals surface area (Å²) in [5.74, 6) is -2.11. The molecule has 0 bridgehead atoms. The van der Waals surface area contributed by atoms with Crippen molar-refractivity contribution in [2.24, 2.45) is 5.92 Å². The van der Waals surface area contributed by atoms with Gasteiger partial charge in [0.15, 0.2) is 0 Å². The van der Waals surface area contributed by atoms with Crippen LogP contribution in [0, 0.1) is 25.6 Å². The number of benzene rings is 1. The average molecular weight is 347 g/mol. The van der Waals surface area contributed by atoms with E-state index in [1.807, 2.05) is 0 Å². The molecule has 0 spiro atoms. The number of halogens is 1. The summed E-state index contributed by atoms with van der Waals surface area (Å²) in [5, 5.41) is 16.0. The van der Waals surface area contributed by atoms with Crippen LogP contribution < -0.4 is 5.32 Å². The molecule has 25 heavy (non-hydrogen) atoms. The Labute approximate surface area is 145 Å². The van der Waals surface area contributed by atoms with E-state index in [0.717, 1.165) is 0 Å². The lowest BCUT2D eigenvalue weighted by Crippen LogP contribution is -2.45. The van der Waals surface area contributed by atoms with Crippen LogP contribution >= 0.6 is 0 Å². The number of rotatable bonds is 6. The molecule has 0 fully saturated rings. The molecule has 2 N–H and O–H groups in total. The van der Waals surface area contributed by atoms with Gasteiger partial charge in [0, 0.05) is 11.3 Å². The number of aromatic nitrogens is 2. The van der Waals surface area contributed by atoms with Gasteiger partial charge in [-0.15, -0.1) is 0 Å². The maximum atomic E-state index is 14.0. The maximum absolute atomic E-state index is 14.0. The first-order chi connectivity index (χ1) is 11.7. The number of nitrogens with one attached hydrogen (secondary N) is 1. The maximum Gasteiger partial charge on any atom is 0.326 e. The first-order valence-corrected chi connectivity index (χ1v) is 8.04. The van der Waals surface area contributed by atoms with Crippen LogP contribution in [0.5, 0.6) is 0 Å². The van der Waals surface area contributed by atoms with Gasteiger partial charge in [0.2, 0.25) is 5.91 Å². The summed E-state index contributed by atoms with van der Waals surface area (Å²) in [6, 6.07) is 5.31. The fourth-order valence-electron chi connectivity index (χ4n) is 2.69. The highest BCUT2D eigenvalue weighted by molar-refractivity contribution is 5.85. The Bertz CT molecular complexity index is 799. The minimum atomic E-state index is -1.07. The summed E-state index contributed by atoms with van der Waals surface area (Å²) in [6.45, 7) is 6.95. The third-order valence-electron chi connectivity index (χ3n) is 4.11. The second-order valence-electron chi connectivity index (χ2n) is 6.32. The lowest BCUT2D eigenvalue weighted by molar-refractivity contribution is -0.143. The average Bonchev–Trinajstić information content (AvgIpc) is 2.80. The minimum absolute atomic E-state index is 0.0113. The van der Waals surface area contributed by atoms with Gasteiger partial charge in [-0.05, 0) is 31.9 Å². The van der Waals surface area contributed by atoms with Crippen LogP contribution in [-0.2, 0) is 16.0 Å². The van der Waals surface area contributed by atoms with E-state index in [0.29, 0.717) is 22.6 Å². The van der Waals surface area contributed by atoms with Crippen molar-refractivity contribution in [1.82, 2.24) is 15.1 Å². The Kier molecular flexibility index (Phi) is 5.56. The fourth-order valence-corrected chi connectivity index (χ4v) is 2.69. The van der Waals surface area contributed by atoms with Crippen LogP contribution in [0.15, 0.2) is 24.3 Å². The van der Waals surface area contributed by atoms with E-state index in [1.165, 1.54) is 10.7 Å². The Hall–Kier alpha value is -2.70. The van der Waals surface area contributed by atoms with Gasteiger partial charge in [-0.1, -0.05) is 26.0 Å². The van der Waals surface area contributed by atoms with Gasteiger partial charge in [0.1, 0.15) is 17.5 Å². The number of carbonyl (C=O) groups excluding carboxylic acids is 1. The lowest BCUT2D eigenvalue weighted by atomic mass is 10.0. The molecular formula is C18H22FN3O3. The molecule has 134 valence electrons. The molecule has 0 aliphatic rings. The predicted molar refractivity (Wildman–Crippen MR) is 91.1 cm³/mol. The van der Waals surface area contributed by atoms with Gasteiger partial charge in [-0.2, -0.15) is 5.10 Å². The SMILES string of the molecule is Cc1nn(-c2ccccc2F)c(C)c1CC(=O)NC(C(=O)O)C(C)C. The molecule has 1 amide bonds. The van der Waals surface area contributed by atoms with Crippen LogP contribution in [0.3, 0.4) is 0 Å². The van der Waals surface area contributed by atoms with Crippen molar-refractivity contribution in [3.63, 3.8) is 0 Å². The number of aryl methyl sites for hydroxylation is 1. The van der Waals surface area contributed by atoms with Crippen molar-refractivity contribution in [3.05, 3.63) is 47.0 Å². The molecule has 0 radical (unpaired) electrons. The summed E-state index contributed by atoms with van der Waals surface area (Å²) in [6.07, 6.45) is -0.0113. The largest absolute Gasteiger partial charge is 0.480 e. The van der Waals surface area contributed by atoms with Gasteiger partial charge in [0.05, 0.1) is 12.1 Å². The van der Waals surface area contributed by atoms with Gasteiger partial charge < -0.3 is 10.4 Å². The van der Waals surface area contributed by atoms with Gasteiger partial charge in [-0.3, -0.25) is 4.79 Å². The number of nitrogens with zero attached hydrogens (tertiary/aromatic N) is 2. The number of aliphatic carboxylic acids is 1. The number of carboxylic acids is 1. The molecule has 1 atom stereocenters. The zero-order valence-electron chi connectivity index (χ0n) is 14.7. The van der Waals surface area contributed by atoms with Crippen molar-refractivity contribution in [2.45, 2.75) is 40.2 Å². The first-order valence-electron chi connectivity index (χ1n) is 8.04. The van der Waals surface area contributed by atoms with Crippen LogP contribution in [0.1, 0.15) is 30.8 Å². The van der Waals surface area contributed by atoms with E-state index in [9.17, 15) is 19.1 Å². The molecule has 2 aromatic rings. The minimum Gasteiger partial charge on any atom is -0.480 e. The first kappa shape index (κ1) is 18.6. The quantitative estimate of drug-likeness (QED) is 0.840. The van der Waals surface area contributed by atoms with Gasteiger partial charge >= 0.3 is 5.97 Å². The van der Waals surface area contributed by atoms with E-state index in [1.54, 1.807) is 45.9 Å². The van der Waals surface area contributed by atoms with E-state index in [2.05, 4.69) is 10.4 Å². The zero-order valence-corrected chi connectivity index (χ0v) is 14.7. The second-order valence-corrected chi connectivity index (χ2v) is 6.32. The van der Waals surface area contributed by atoms with Gasteiger partial charge in [-0.25, -0.2) is 13.9 Å². The molecule has 6 nitrogen and oxygen atoms in total. The van der Waals surface area contributed by atoms with Crippen molar-refractivity contribution < 1.29 is 19.1 Å². The van der Waals surface area contributed by atoms with E-state index >= 15 is 0 Å². The normalized spacial score (nSPS) is 12.2. The summed E-state index contributed by atoms with van der Waals surface area (Å²) in [4.78, 5) is 23.5.